The Bertz CT molecular complexity index is 1600. The summed E-state index contributed by atoms with van der Waals surface area (Å²) in [6, 6.07) is 19.0. The SMILES string of the molecule is CC(C)(C)OC(=O)N1CC(Oc2nn(-c3ccccc3)c3nc(C(=O)O)cc(-c4ccc(N5CCOCC5)cc4)c23)C1. The first-order valence-electron chi connectivity index (χ1n) is 14.0. The van der Waals surface area contributed by atoms with E-state index in [9.17, 15) is 14.7 Å². The van der Waals surface area contributed by atoms with Crippen LogP contribution in [-0.4, -0.2) is 87.9 Å². The molecule has 0 unspecified atom stereocenters. The third kappa shape index (κ3) is 5.60. The van der Waals surface area contributed by atoms with Crippen LogP contribution in [0.25, 0.3) is 27.8 Å². The fourth-order valence-corrected chi connectivity index (χ4v) is 5.07. The smallest absolute Gasteiger partial charge is 0.410 e. The predicted molar refractivity (Wildman–Crippen MR) is 157 cm³/mol. The molecule has 0 spiro atoms. The highest BCUT2D eigenvalue weighted by molar-refractivity contribution is 6.01. The number of pyridine rings is 1. The van der Waals surface area contributed by atoms with E-state index in [2.05, 4.69) is 9.88 Å². The molecule has 0 aliphatic carbocycles. The Hall–Kier alpha value is -4.64. The van der Waals surface area contributed by atoms with Crippen molar-refractivity contribution < 1.29 is 28.9 Å². The van der Waals surface area contributed by atoms with E-state index in [4.69, 9.17) is 19.3 Å². The van der Waals surface area contributed by atoms with Crippen LogP contribution in [0.5, 0.6) is 5.88 Å². The fraction of sp³-hybridized carbons (Fsp3) is 0.355. The van der Waals surface area contributed by atoms with Crippen LogP contribution in [0.1, 0.15) is 31.3 Å². The number of carbonyl (C=O) groups excluding carboxylic acids is 1. The maximum absolute atomic E-state index is 12.5. The first-order chi connectivity index (χ1) is 20.2. The fourth-order valence-electron chi connectivity index (χ4n) is 5.07. The maximum Gasteiger partial charge on any atom is 0.410 e. The Balaban J connectivity index is 1.40. The second kappa shape index (κ2) is 11.0. The predicted octanol–water partition coefficient (Wildman–Crippen LogP) is 4.62. The van der Waals surface area contributed by atoms with E-state index in [1.54, 1.807) is 15.6 Å². The molecule has 2 aromatic heterocycles. The second-order valence-corrected chi connectivity index (χ2v) is 11.4. The Morgan fingerprint density at radius 2 is 1.67 bits per heavy atom. The third-order valence-corrected chi connectivity index (χ3v) is 7.16. The van der Waals surface area contributed by atoms with Crippen LogP contribution in [0, 0.1) is 0 Å². The third-order valence-electron chi connectivity index (χ3n) is 7.16. The van der Waals surface area contributed by atoms with Crippen LogP contribution in [0.2, 0.25) is 0 Å². The molecule has 2 saturated heterocycles. The van der Waals surface area contributed by atoms with Crippen LogP contribution >= 0.6 is 0 Å². The van der Waals surface area contributed by atoms with Crippen molar-refractivity contribution in [2.45, 2.75) is 32.5 Å². The lowest BCUT2D eigenvalue weighted by Crippen LogP contribution is -2.57. The van der Waals surface area contributed by atoms with Crippen LogP contribution in [0.3, 0.4) is 0 Å². The number of morpholine rings is 1. The minimum absolute atomic E-state index is 0.0990. The van der Waals surface area contributed by atoms with Crippen molar-refractivity contribution in [2.75, 3.05) is 44.3 Å². The number of likely N-dealkylation sites (tertiary alicyclic amines) is 1. The molecule has 2 aliphatic rings. The van der Waals surface area contributed by atoms with Gasteiger partial charge in [-0.15, -0.1) is 5.10 Å². The Kier molecular flexibility index (Phi) is 7.19. The number of fused-ring (bicyclic) bond motifs is 1. The molecule has 0 bridgehead atoms. The van der Waals surface area contributed by atoms with Crippen molar-refractivity contribution in [3.63, 3.8) is 0 Å². The van der Waals surface area contributed by atoms with Gasteiger partial charge in [-0.25, -0.2) is 19.3 Å². The molecule has 2 aliphatic heterocycles. The summed E-state index contributed by atoms with van der Waals surface area (Å²) in [6.07, 6.45) is -0.702. The first-order valence-corrected chi connectivity index (χ1v) is 14.0. The van der Waals surface area contributed by atoms with E-state index in [1.807, 2.05) is 75.4 Å². The molecule has 0 atom stereocenters. The average molecular weight is 572 g/mol. The molecule has 11 nitrogen and oxygen atoms in total. The normalized spacial score (nSPS) is 15.9. The molecular formula is C31H33N5O6. The molecule has 2 aromatic carbocycles. The minimum atomic E-state index is -1.14. The van der Waals surface area contributed by atoms with E-state index in [0.29, 0.717) is 54.5 Å². The molecule has 0 radical (unpaired) electrons. The molecule has 4 aromatic rings. The van der Waals surface area contributed by atoms with Crippen molar-refractivity contribution in [3.8, 4) is 22.7 Å². The largest absolute Gasteiger partial charge is 0.477 e. The number of hydrogen-bond acceptors (Lipinski definition) is 8. The van der Waals surface area contributed by atoms with Crippen molar-refractivity contribution in [2.24, 2.45) is 0 Å². The highest BCUT2D eigenvalue weighted by Crippen LogP contribution is 2.38. The highest BCUT2D eigenvalue weighted by atomic mass is 16.6. The van der Waals surface area contributed by atoms with Gasteiger partial charge in [-0.1, -0.05) is 30.3 Å². The van der Waals surface area contributed by atoms with Gasteiger partial charge in [-0.2, -0.15) is 0 Å². The van der Waals surface area contributed by atoms with Gasteiger partial charge in [0.1, 0.15) is 11.7 Å². The van der Waals surface area contributed by atoms with Gasteiger partial charge in [0.25, 0.3) is 0 Å². The van der Waals surface area contributed by atoms with Crippen LogP contribution in [-0.2, 0) is 9.47 Å². The molecule has 1 amide bonds. The lowest BCUT2D eigenvalue weighted by atomic mass is 10.0. The summed E-state index contributed by atoms with van der Waals surface area (Å²) in [5, 5.41) is 15.3. The van der Waals surface area contributed by atoms with Crippen molar-refractivity contribution >= 4 is 28.8 Å². The number of nitrogens with zero attached hydrogens (tertiary/aromatic N) is 5. The minimum Gasteiger partial charge on any atom is -0.477 e. The molecular weight excluding hydrogens is 538 g/mol. The van der Waals surface area contributed by atoms with Gasteiger partial charge in [-0.05, 0) is 56.7 Å². The first kappa shape index (κ1) is 27.5. The van der Waals surface area contributed by atoms with Crippen molar-refractivity contribution in [1.29, 1.82) is 0 Å². The quantitative estimate of drug-likeness (QED) is 0.354. The number of carboxylic acid groups (broad SMARTS) is 1. The van der Waals surface area contributed by atoms with E-state index < -0.39 is 17.7 Å². The lowest BCUT2D eigenvalue weighted by molar-refractivity contribution is -0.0229. The lowest BCUT2D eigenvalue weighted by Gasteiger charge is -2.39. The van der Waals surface area contributed by atoms with Gasteiger partial charge in [0.15, 0.2) is 11.3 Å². The highest BCUT2D eigenvalue weighted by Gasteiger charge is 2.36. The number of para-hydroxylation sites is 1. The summed E-state index contributed by atoms with van der Waals surface area (Å²) >= 11 is 0. The molecule has 11 heteroatoms. The van der Waals surface area contributed by atoms with Crippen LogP contribution < -0.4 is 9.64 Å². The Morgan fingerprint density at radius 1 is 0.976 bits per heavy atom. The number of rotatable bonds is 6. The van der Waals surface area contributed by atoms with E-state index in [1.165, 1.54) is 0 Å². The van der Waals surface area contributed by atoms with Gasteiger partial charge >= 0.3 is 12.1 Å². The Morgan fingerprint density at radius 3 is 2.31 bits per heavy atom. The van der Waals surface area contributed by atoms with Gasteiger partial charge in [-0.3, -0.25) is 0 Å². The number of carboxylic acids is 1. The van der Waals surface area contributed by atoms with Gasteiger partial charge in [0, 0.05) is 24.3 Å². The molecule has 218 valence electrons. The molecule has 0 saturated carbocycles. The average Bonchev–Trinajstić information content (AvgIpc) is 3.32. The number of anilines is 1. The summed E-state index contributed by atoms with van der Waals surface area (Å²) < 4.78 is 18.9. The van der Waals surface area contributed by atoms with Gasteiger partial charge in [0.2, 0.25) is 5.88 Å². The van der Waals surface area contributed by atoms with Crippen molar-refractivity contribution in [1.82, 2.24) is 19.7 Å². The molecule has 1 N–H and O–H groups in total. The summed E-state index contributed by atoms with van der Waals surface area (Å²) in [6.45, 7) is 9.16. The number of amides is 1. The van der Waals surface area contributed by atoms with Gasteiger partial charge < -0.3 is 29.1 Å². The number of carbonyl (C=O) groups is 2. The number of benzene rings is 2. The molecule has 42 heavy (non-hydrogen) atoms. The zero-order chi connectivity index (χ0) is 29.4. The molecule has 4 heterocycles. The van der Waals surface area contributed by atoms with Crippen LogP contribution in [0.4, 0.5) is 10.5 Å². The second-order valence-electron chi connectivity index (χ2n) is 11.4. The topological polar surface area (TPSA) is 119 Å². The number of aromatic carboxylic acids is 1. The zero-order valence-corrected chi connectivity index (χ0v) is 23.8. The Labute approximate surface area is 243 Å². The summed E-state index contributed by atoms with van der Waals surface area (Å²) in [5.41, 5.74) is 2.91. The maximum atomic E-state index is 12.5. The van der Waals surface area contributed by atoms with E-state index in [-0.39, 0.29) is 11.8 Å². The molecule has 6 rings (SSSR count). The standard InChI is InChI=1S/C31H33N5O6/c1-31(2,3)42-30(39)35-18-23(19-35)41-28-26-24(20-9-11-21(12-10-20)34-13-15-40-16-14-34)17-25(29(37)38)32-27(26)36(33-28)22-7-5-4-6-8-22/h4-12,17,23H,13-16,18-19H2,1-3H3,(H,37,38). The summed E-state index contributed by atoms with van der Waals surface area (Å²) in [4.78, 5) is 33.0. The monoisotopic (exact) mass is 571 g/mol. The van der Waals surface area contributed by atoms with Crippen LogP contribution in [0.15, 0.2) is 60.7 Å². The number of hydrogen-bond donors (Lipinski definition) is 1. The van der Waals surface area contributed by atoms with E-state index in [0.717, 1.165) is 24.3 Å². The number of aromatic nitrogens is 3. The zero-order valence-electron chi connectivity index (χ0n) is 23.8. The van der Waals surface area contributed by atoms with E-state index >= 15 is 0 Å². The molecule has 2 fully saturated rings. The van der Waals surface area contributed by atoms with Crippen molar-refractivity contribution in [3.05, 3.63) is 66.4 Å². The summed E-state index contributed by atoms with van der Waals surface area (Å²) in [7, 11) is 0. The summed E-state index contributed by atoms with van der Waals surface area (Å²) in [5.74, 6) is -0.822. The van der Waals surface area contributed by atoms with Gasteiger partial charge in [0.05, 0.1) is 37.4 Å². The number of ether oxygens (including phenoxy) is 3.